The Bertz CT molecular complexity index is 568. The van der Waals surface area contributed by atoms with E-state index < -0.39 is 0 Å². The predicted molar refractivity (Wildman–Crippen MR) is 75.2 cm³/mol. The predicted octanol–water partition coefficient (Wildman–Crippen LogP) is 2.25. The lowest BCUT2D eigenvalue weighted by atomic mass is 10.2. The summed E-state index contributed by atoms with van der Waals surface area (Å²) < 4.78 is 7.92. The van der Waals surface area contributed by atoms with Crippen molar-refractivity contribution in [3.05, 3.63) is 35.8 Å². The second-order valence-electron chi connectivity index (χ2n) is 5.58. The summed E-state index contributed by atoms with van der Waals surface area (Å²) in [5, 5.41) is 0. The first kappa shape index (κ1) is 12.6. The van der Waals surface area contributed by atoms with Gasteiger partial charge in [0.1, 0.15) is 5.65 Å². The van der Waals surface area contributed by atoms with Crippen LogP contribution in [0.1, 0.15) is 25.2 Å². The topological polar surface area (TPSA) is 29.8 Å². The van der Waals surface area contributed by atoms with Crippen molar-refractivity contribution in [3.63, 3.8) is 0 Å². The first-order valence-corrected chi connectivity index (χ1v) is 6.93. The number of ether oxygens (including phenoxy) is 1. The summed E-state index contributed by atoms with van der Waals surface area (Å²) in [7, 11) is 0. The summed E-state index contributed by atoms with van der Waals surface area (Å²) in [4.78, 5) is 7.12. The summed E-state index contributed by atoms with van der Waals surface area (Å²) in [6, 6.07) is 6.22. The van der Waals surface area contributed by atoms with Gasteiger partial charge in [0.05, 0.1) is 17.9 Å². The van der Waals surface area contributed by atoms with Gasteiger partial charge in [0.15, 0.2) is 0 Å². The molecule has 0 bridgehead atoms. The molecule has 1 aliphatic heterocycles. The number of hydrogen-bond acceptors (Lipinski definition) is 3. The molecule has 0 amide bonds. The van der Waals surface area contributed by atoms with Gasteiger partial charge in [-0.15, -0.1) is 0 Å². The first-order chi connectivity index (χ1) is 9.11. The molecule has 1 fully saturated rings. The van der Waals surface area contributed by atoms with Gasteiger partial charge in [-0.05, 0) is 32.9 Å². The Labute approximate surface area is 114 Å². The third kappa shape index (κ3) is 2.65. The van der Waals surface area contributed by atoms with Gasteiger partial charge in [-0.2, -0.15) is 0 Å². The molecule has 3 heterocycles. The van der Waals surface area contributed by atoms with Gasteiger partial charge in [-0.1, -0.05) is 6.07 Å². The molecule has 1 aliphatic rings. The van der Waals surface area contributed by atoms with E-state index in [2.05, 4.69) is 54.5 Å². The molecule has 102 valence electrons. The molecule has 0 saturated carbocycles. The van der Waals surface area contributed by atoms with Gasteiger partial charge in [-0.25, -0.2) is 4.98 Å². The molecule has 0 aliphatic carbocycles. The summed E-state index contributed by atoms with van der Waals surface area (Å²) in [5.74, 6) is 0. The van der Waals surface area contributed by atoms with Gasteiger partial charge in [-0.3, -0.25) is 4.90 Å². The monoisotopic (exact) mass is 259 g/mol. The summed E-state index contributed by atoms with van der Waals surface area (Å²) in [6.07, 6.45) is 2.76. The van der Waals surface area contributed by atoms with Gasteiger partial charge in [0, 0.05) is 31.5 Å². The van der Waals surface area contributed by atoms with Crippen molar-refractivity contribution in [1.82, 2.24) is 14.3 Å². The molecule has 0 aromatic carbocycles. The highest BCUT2D eigenvalue weighted by Gasteiger charge is 2.22. The number of imidazole rings is 1. The van der Waals surface area contributed by atoms with Crippen LogP contribution in [0.4, 0.5) is 0 Å². The van der Waals surface area contributed by atoms with E-state index in [1.165, 1.54) is 5.69 Å². The van der Waals surface area contributed by atoms with Crippen LogP contribution < -0.4 is 0 Å². The molecule has 3 rings (SSSR count). The number of fused-ring (bicyclic) bond motifs is 1. The lowest BCUT2D eigenvalue weighted by Crippen LogP contribution is -2.44. The average molecular weight is 259 g/mol. The van der Waals surface area contributed by atoms with E-state index in [-0.39, 0.29) is 0 Å². The van der Waals surface area contributed by atoms with Crippen molar-refractivity contribution in [2.75, 3.05) is 13.1 Å². The van der Waals surface area contributed by atoms with E-state index in [1.54, 1.807) is 0 Å². The Kier molecular flexibility index (Phi) is 3.29. The van der Waals surface area contributed by atoms with Gasteiger partial charge >= 0.3 is 0 Å². The van der Waals surface area contributed by atoms with Gasteiger partial charge in [0.2, 0.25) is 0 Å². The Balaban J connectivity index is 1.79. The maximum Gasteiger partial charge on any atom is 0.137 e. The van der Waals surface area contributed by atoms with E-state index in [9.17, 15) is 0 Å². The van der Waals surface area contributed by atoms with Crippen LogP contribution in [-0.4, -0.2) is 39.6 Å². The van der Waals surface area contributed by atoms with Crippen LogP contribution in [-0.2, 0) is 11.3 Å². The van der Waals surface area contributed by atoms with Crippen molar-refractivity contribution in [3.8, 4) is 0 Å². The number of pyridine rings is 1. The second kappa shape index (κ2) is 4.94. The van der Waals surface area contributed by atoms with Crippen LogP contribution in [0.5, 0.6) is 0 Å². The van der Waals surface area contributed by atoms with E-state index in [0.717, 1.165) is 31.0 Å². The van der Waals surface area contributed by atoms with Crippen molar-refractivity contribution in [2.24, 2.45) is 0 Å². The maximum absolute atomic E-state index is 5.76. The highest BCUT2D eigenvalue weighted by molar-refractivity contribution is 5.41. The number of morpholine rings is 1. The van der Waals surface area contributed by atoms with Gasteiger partial charge < -0.3 is 9.14 Å². The van der Waals surface area contributed by atoms with Crippen molar-refractivity contribution in [2.45, 2.75) is 39.5 Å². The largest absolute Gasteiger partial charge is 0.373 e. The molecule has 1 saturated heterocycles. The van der Waals surface area contributed by atoms with Crippen LogP contribution in [0.3, 0.4) is 0 Å². The zero-order valence-electron chi connectivity index (χ0n) is 11.8. The quantitative estimate of drug-likeness (QED) is 0.828. The minimum Gasteiger partial charge on any atom is -0.373 e. The Morgan fingerprint density at radius 3 is 2.68 bits per heavy atom. The van der Waals surface area contributed by atoms with E-state index in [0.29, 0.717) is 12.2 Å². The molecule has 2 atom stereocenters. The molecule has 0 radical (unpaired) electrons. The average Bonchev–Trinajstić information content (AvgIpc) is 2.71. The lowest BCUT2D eigenvalue weighted by Gasteiger charge is -2.34. The van der Waals surface area contributed by atoms with Crippen LogP contribution in [0.15, 0.2) is 24.4 Å². The summed E-state index contributed by atoms with van der Waals surface area (Å²) >= 11 is 0. The minimum atomic E-state index is 0.308. The standard InChI is InChI=1S/C15H21N3O/c1-11-5-4-6-15-16-14(10-18(11)15)9-17-7-12(2)19-13(3)8-17/h4-6,10,12-13H,7-9H2,1-3H3/t12-,13-/m0/s1. The van der Waals surface area contributed by atoms with Crippen LogP contribution in [0.2, 0.25) is 0 Å². The highest BCUT2D eigenvalue weighted by atomic mass is 16.5. The molecule has 2 aromatic rings. The normalized spacial score (nSPS) is 25.0. The SMILES string of the molecule is Cc1cccc2nc(CN3C[C@H](C)O[C@@H](C)C3)cn12. The van der Waals surface area contributed by atoms with Crippen molar-refractivity contribution >= 4 is 5.65 Å². The van der Waals surface area contributed by atoms with Crippen molar-refractivity contribution in [1.29, 1.82) is 0 Å². The molecule has 0 unspecified atom stereocenters. The molecule has 0 N–H and O–H groups in total. The third-order valence-corrected chi connectivity index (χ3v) is 3.63. The Morgan fingerprint density at radius 2 is 2.00 bits per heavy atom. The molecule has 2 aromatic heterocycles. The van der Waals surface area contributed by atoms with E-state index >= 15 is 0 Å². The molecule has 0 spiro atoms. The summed E-state index contributed by atoms with van der Waals surface area (Å²) in [6.45, 7) is 9.25. The number of hydrogen-bond donors (Lipinski definition) is 0. The summed E-state index contributed by atoms with van der Waals surface area (Å²) in [5.41, 5.74) is 3.39. The molecule has 4 heteroatoms. The fraction of sp³-hybridized carbons (Fsp3) is 0.533. The van der Waals surface area contributed by atoms with E-state index in [1.807, 2.05) is 0 Å². The number of aryl methyl sites for hydroxylation is 1. The fourth-order valence-corrected chi connectivity index (χ4v) is 2.92. The second-order valence-corrected chi connectivity index (χ2v) is 5.58. The van der Waals surface area contributed by atoms with Crippen LogP contribution in [0.25, 0.3) is 5.65 Å². The van der Waals surface area contributed by atoms with Crippen molar-refractivity contribution < 1.29 is 4.74 Å². The first-order valence-electron chi connectivity index (χ1n) is 6.93. The molecule has 19 heavy (non-hydrogen) atoms. The minimum absolute atomic E-state index is 0.308. The maximum atomic E-state index is 5.76. The third-order valence-electron chi connectivity index (χ3n) is 3.63. The smallest absolute Gasteiger partial charge is 0.137 e. The number of rotatable bonds is 2. The van der Waals surface area contributed by atoms with Gasteiger partial charge in [0.25, 0.3) is 0 Å². The zero-order valence-corrected chi connectivity index (χ0v) is 11.8. The Morgan fingerprint density at radius 1 is 1.26 bits per heavy atom. The highest BCUT2D eigenvalue weighted by Crippen LogP contribution is 2.15. The lowest BCUT2D eigenvalue weighted by molar-refractivity contribution is -0.0707. The van der Waals surface area contributed by atoms with Crippen LogP contribution >= 0.6 is 0 Å². The number of aromatic nitrogens is 2. The fourth-order valence-electron chi connectivity index (χ4n) is 2.92. The zero-order chi connectivity index (χ0) is 13.4. The van der Waals surface area contributed by atoms with E-state index in [4.69, 9.17) is 9.72 Å². The Hall–Kier alpha value is -1.39. The molecular formula is C15H21N3O. The molecule has 4 nitrogen and oxygen atoms in total. The van der Waals surface area contributed by atoms with Crippen LogP contribution in [0, 0.1) is 6.92 Å². The molecular weight excluding hydrogens is 238 g/mol. The number of nitrogens with zero attached hydrogens (tertiary/aromatic N) is 3.